The van der Waals surface area contributed by atoms with Gasteiger partial charge >= 0.3 is 0 Å². The topological polar surface area (TPSA) is 138 Å². The molecule has 0 radical (unpaired) electrons. The number of anilines is 4. The first-order valence-corrected chi connectivity index (χ1v) is 19.9. The van der Waals surface area contributed by atoms with Crippen molar-refractivity contribution in [2.75, 3.05) is 29.9 Å². The molecule has 3 N–H and O–H groups in total. The summed E-state index contributed by atoms with van der Waals surface area (Å²) >= 11 is 12.8. The maximum absolute atomic E-state index is 15.5. The SMILES string of the molecule is COc1ccc([C@@]23C(=O)N(Nc4ccc(Cl)cc4Cl)C(=O)[C@@H]2C[C@@H]2C(=CC[C@@H]4C(=O)N(c5ccc(Nc6ccccc6)cc5)C(=O)[C@@H]42)[C@@H]3c2cccc(OC)c2O)cc1. The number of allylic oxidation sites excluding steroid dienone is 2. The Morgan fingerprint density at radius 2 is 1.49 bits per heavy atom. The summed E-state index contributed by atoms with van der Waals surface area (Å²) in [4.78, 5) is 61.0. The summed E-state index contributed by atoms with van der Waals surface area (Å²) in [7, 11) is 2.97. The summed E-state index contributed by atoms with van der Waals surface area (Å²) in [5.74, 6) is -5.62. The fraction of sp³-hybridized carbons (Fsp3) is 0.217. The van der Waals surface area contributed by atoms with E-state index >= 15 is 9.59 Å². The molecule has 59 heavy (non-hydrogen) atoms. The van der Waals surface area contributed by atoms with Gasteiger partial charge in [0, 0.05) is 27.9 Å². The van der Waals surface area contributed by atoms with Crippen LogP contribution in [0.2, 0.25) is 10.0 Å². The molecule has 13 heteroatoms. The van der Waals surface area contributed by atoms with Crippen LogP contribution in [0.1, 0.15) is 29.9 Å². The van der Waals surface area contributed by atoms with Crippen molar-refractivity contribution >= 4 is 69.6 Å². The first kappa shape index (κ1) is 38.2. The molecule has 5 aromatic rings. The molecule has 6 atom stereocenters. The number of hydrogen-bond donors (Lipinski definition) is 3. The molecule has 9 rings (SSSR count). The zero-order chi connectivity index (χ0) is 41.2. The molecule has 3 fully saturated rings. The van der Waals surface area contributed by atoms with Gasteiger partial charge in [-0.1, -0.05) is 77.3 Å². The summed E-state index contributed by atoms with van der Waals surface area (Å²) in [6, 6.07) is 33.4. The number of nitrogens with one attached hydrogen (secondary N) is 2. The number of halogens is 2. The minimum atomic E-state index is -1.65. The van der Waals surface area contributed by atoms with Gasteiger partial charge in [0.05, 0.1) is 53.8 Å². The molecule has 0 spiro atoms. The number of carbonyl (C=O) groups is 4. The van der Waals surface area contributed by atoms with E-state index in [1.54, 1.807) is 66.7 Å². The van der Waals surface area contributed by atoms with E-state index in [4.69, 9.17) is 32.7 Å². The summed E-state index contributed by atoms with van der Waals surface area (Å²) in [5, 5.41) is 16.8. The van der Waals surface area contributed by atoms with Gasteiger partial charge in [-0.05, 0) is 97.1 Å². The Balaban J connectivity index is 1.18. The van der Waals surface area contributed by atoms with Crippen LogP contribution < -0.4 is 25.1 Å². The lowest BCUT2D eigenvalue weighted by Crippen LogP contribution is -2.53. The number of carbonyl (C=O) groups excluding carboxylic acids is 4. The van der Waals surface area contributed by atoms with Crippen LogP contribution >= 0.6 is 23.2 Å². The minimum absolute atomic E-state index is 0.0597. The van der Waals surface area contributed by atoms with E-state index in [9.17, 15) is 14.7 Å². The number of methoxy groups -OCH3 is 2. The monoisotopic (exact) mass is 828 g/mol. The van der Waals surface area contributed by atoms with Gasteiger partial charge in [0.2, 0.25) is 11.8 Å². The molecule has 2 saturated heterocycles. The Bertz CT molecular complexity index is 2550. The zero-order valence-electron chi connectivity index (χ0n) is 31.9. The first-order valence-electron chi connectivity index (χ1n) is 19.2. The van der Waals surface area contributed by atoms with Crippen molar-refractivity contribution in [1.82, 2.24) is 5.01 Å². The van der Waals surface area contributed by atoms with Crippen LogP contribution in [0.25, 0.3) is 0 Å². The molecule has 2 aliphatic carbocycles. The molecule has 1 saturated carbocycles. The second-order valence-electron chi connectivity index (χ2n) is 15.2. The number of hydrazine groups is 1. The molecule has 11 nitrogen and oxygen atoms in total. The molecule has 4 amide bonds. The third kappa shape index (κ3) is 6.02. The standard InChI is InChI=1S/C46H38Cl2N4O7/c1-58-30-18-11-25(12-19-30)46-35(43(55)52(45(46)57)50-37-22-13-26(47)23-36(37)48)24-34-31(40(46)33-9-6-10-38(59-2)41(33)53)20-21-32-39(34)44(56)51(42(32)54)29-16-14-28(15-17-29)49-27-7-4-3-5-8-27/h3-20,22-23,32,34-35,39-40,49-50,53H,21,24H2,1-2H3/t32-,34+,35-,39-,40+,46+/m0/s1. The average Bonchev–Trinajstić information content (AvgIpc) is 3.63. The number of para-hydroxylation sites is 2. The van der Waals surface area contributed by atoms with Crippen molar-refractivity contribution in [1.29, 1.82) is 0 Å². The molecule has 0 bridgehead atoms. The summed E-state index contributed by atoms with van der Waals surface area (Å²) in [5.41, 5.74) is 5.24. The second-order valence-corrected chi connectivity index (χ2v) is 16.0. The highest BCUT2D eigenvalue weighted by Crippen LogP contribution is 2.65. The van der Waals surface area contributed by atoms with E-state index in [-0.39, 0.29) is 46.9 Å². The summed E-state index contributed by atoms with van der Waals surface area (Å²) < 4.78 is 11.1. The van der Waals surface area contributed by atoms with Gasteiger partial charge in [0.15, 0.2) is 11.5 Å². The summed E-state index contributed by atoms with van der Waals surface area (Å²) in [6.45, 7) is 0. The number of imide groups is 2. The van der Waals surface area contributed by atoms with E-state index in [0.29, 0.717) is 33.2 Å². The normalized spacial score (nSPS) is 24.6. The average molecular weight is 830 g/mol. The van der Waals surface area contributed by atoms with Crippen molar-refractivity contribution in [2.24, 2.45) is 23.7 Å². The van der Waals surface area contributed by atoms with Crippen LogP contribution in [0.5, 0.6) is 17.2 Å². The molecular formula is C46H38Cl2N4O7. The number of aromatic hydroxyl groups is 1. The second kappa shape index (κ2) is 14.8. The summed E-state index contributed by atoms with van der Waals surface area (Å²) in [6.07, 6.45) is 2.20. The van der Waals surface area contributed by atoms with Crippen LogP contribution in [0.3, 0.4) is 0 Å². The lowest BCUT2D eigenvalue weighted by Gasteiger charge is -2.50. The van der Waals surface area contributed by atoms with Gasteiger partial charge in [0.25, 0.3) is 11.8 Å². The predicted octanol–water partition coefficient (Wildman–Crippen LogP) is 8.65. The van der Waals surface area contributed by atoms with E-state index in [1.165, 1.54) is 25.2 Å². The Hall–Kier alpha value is -6.30. The van der Waals surface area contributed by atoms with E-state index < -0.39 is 46.8 Å². The van der Waals surface area contributed by atoms with Crippen molar-refractivity contribution in [3.63, 3.8) is 0 Å². The van der Waals surface area contributed by atoms with Crippen molar-refractivity contribution in [3.05, 3.63) is 148 Å². The number of nitrogens with zero attached hydrogens (tertiary/aromatic N) is 2. The van der Waals surface area contributed by atoms with Gasteiger partial charge in [-0.3, -0.25) is 29.5 Å². The van der Waals surface area contributed by atoms with Crippen LogP contribution in [0.4, 0.5) is 22.7 Å². The molecule has 5 aromatic carbocycles. The van der Waals surface area contributed by atoms with Gasteiger partial charge < -0.3 is 19.9 Å². The smallest absolute Gasteiger partial charge is 0.260 e. The van der Waals surface area contributed by atoms with E-state index in [1.807, 2.05) is 48.5 Å². The number of fused-ring (bicyclic) bond motifs is 4. The third-order valence-electron chi connectivity index (χ3n) is 12.3. The molecular weight excluding hydrogens is 791 g/mol. The molecule has 2 aliphatic heterocycles. The highest BCUT2D eigenvalue weighted by molar-refractivity contribution is 6.36. The number of benzene rings is 5. The van der Waals surface area contributed by atoms with Crippen molar-refractivity contribution in [3.8, 4) is 17.2 Å². The lowest BCUT2D eigenvalue weighted by atomic mass is 9.49. The Labute approximate surface area is 350 Å². The molecule has 0 unspecified atom stereocenters. The lowest BCUT2D eigenvalue weighted by molar-refractivity contribution is -0.138. The molecule has 4 aliphatic rings. The van der Waals surface area contributed by atoms with Gasteiger partial charge in [0.1, 0.15) is 5.75 Å². The predicted molar refractivity (Wildman–Crippen MR) is 224 cm³/mol. The van der Waals surface area contributed by atoms with Gasteiger partial charge in [-0.15, -0.1) is 0 Å². The van der Waals surface area contributed by atoms with Crippen LogP contribution in [-0.4, -0.2) is 48.0 Å². The quantitative estimate of drug-likeness (QED) is 0.0985. The van der Waals surface area contributed by atoms with Crippen LogP contribution in [-0.2, 0) is 24.6 Å². The van der Waals surface area contributed by atoms with Gasteiger partial charge in [-0.2, -0.15) is 5.01 Å². The fourth-order valence-corrected chi connectivity index (χ4v) is 10.2. The van der Waals surface area contributed by atoms with E-state index in [0.717, 1.165) is 16.4 Å². The molecule has 298 valence electrons. The number of rotatable bonds is 9. The maximum atomic E-state index is 15.5. The molecule has 2 heterocycles. The highest BCUT2D eigenvalue weighted by atomic mass is 35.5. The number of hydrogen-bond acceptors (Lipinski definition) is 9. The van der Waals surface area contributed by atoms with Gasteiger partial charge in [-0.25, -0.2) is 0 Å². The highest BCUT2D eigenvalue weighted by Gasteiger charge is 2.70. The largest absolute Gasteiger partial charge is 0.504 e. The minimum Gasteiger partial charge on any atom is -0.504 e. The van der Waals surface area contributed by atoms with Crippen molar-refractivity contribution in [2.45, 2.75) is 24.2 Å². The van der Waals surface area contributed by atoms with Crippen LogP contribution in [0.15, 0.2) is 127 Å². The maximum Gasteiger partial charge on any atom is 0.260 e. The number of phenols is 1. The Morgan fingerprint density at radius 1 is 0.763 bits per heavy atom. The number of amides is 4. The van der Waals surface area contributed by atoms with E-state index in [2.05, 4.69) is 10.7 Å². The number of ether oxygens (including phenoxy) is 2. The first-order chi connectivity index (χ1) is 28.6. The fourth-order valence-electron chi connectivity index (χ4n) is 9.76. The Morgan fingerprint density at radius 3 is 2.19 bits per heavy atom. The van der Waals surface area contributed by atoms with Crippen molar-refractivity contribution < 1.29 is 33.8 Å². The third-order valence-corrected chi connectivity index (χ3v) is 12.9. The zero-order valence-corrected chi connectivity index (χ0v) is 33.4. The Kier molecular flexibility index (Phi) is 9.60. The van der Waals surface area contributed by atoms with Crippen LogP contribution in [0, 0.1) is 23.7 Å². The molecule has 0 aromatic heterocycles. The number of phenolic OH excluding ortho intramolecular Hbond substituents is 1.